The Morgan fingerprint density at radius 3 is 3.06 bits per heavy atom. The molecule has 0 amide bonds. The number of hydrogen-bond donors (Lipinski definition) is 2. The largest absolute Gasteiger partial charge is 0.338 e. The number of sulfonamides is 1. The topological polar surface area (TPSA) is 84.2 Å². The minimum Gasteiger partial charge on any atom is -0.338 e. The van der Waals surface area contributed by atoms with Crippen LogP contribution in [0.3, 0.4) is 0 Å². The summed E-state index contributed by atoms with van der Waals surface area (Å²) in [4.78, 5) is 0. The number of piperidine rings is 1. The summed E-state index contributed by atoms with van der Waals surface area (Å²) in [5.74, 6) is 0.483. The minimum atomic E-state index is -3.34. The van der Waals surface area contributed by atoms with Gasteiger partial charge in [0.25, 0.3) is 0 Å². The van der Waals surface area contributed by atoms with Crippen LogP contribution in [-0.4, -0.2) is 32.4 Å². The van der Waals surface area contributed by atoms with Crippen molar-refractivity contribution in [1.82, 2.24) is 10.5 Å². The third kappa shape index (κ3) is 3.71. The van der Waals surface area contributed by atoms with Crippen LogP contribution >= 0.6 is 0 Å². The van der Waals surface area contributed by atoms with Gasteiger partial charge >= 0.3 is 0 Å². The van der Waals surface area contributed by atoms with Gasteiger partial charge in [-0.15, -0.1) is 0 Å². The molecule has 1 aliphatic rings. The van der Waals surface area contributed by atoms with E-state index < -0.39 is 10.0 Å². The van der Waals surface area contributed by atoms with Crippen molar-refractivity contribution in [2.75, 3.05) is 23.6 Å². The predicted octanol–water partition coefficient (Wildman–Crippen LogP) is 0.724. The van der Waals surface area contributed by atoms with Gasteiger partial charge < -0.3 is 9.84 Å². The van der Waals surface area contributed by atoms with Crippen molar-refractivity contribution >= 4 is 15.9 Å². The molecule has 2 rings (SSSR count). The molecule has 0 bridgehead atoms. The fraction of sp³-hybridized carbons (Fsp3) is 0.700. The Hall–Kier alpha value is -1.08. The summed E-state index contributed by atoms with van der Waals surface area (Å²) in [6.07, 6.45) is 1.98. The maximum absolute atomic E-state index is 11.9. The lowest BCUT2D eigenvalue weighted by Gasteiger charge is -2.22. The van der Waals surface area contributed by atoms with E-state index in [9.17, 15) is 8.42 Å². The van der Waals surface area contributed by atoms with Crippen LogP contribution in [0, 0.1) is 12.8 Å². The summed E-state index contributed by atoms with van der Waals surface area (Å²) in [6.45, 7) is 3.48. The smallest absolute Gasteiger partial charge is 0.238 e. The molecule has 1 fully saturated rings. The van der Waals surface area contributed by atoms with Crippen LogP contribution in [0.1, 0.15) is 18.5 Å². The molecule has 6 nitrogen and oxygen atoms in total. The predicted molar refractivity (Wildman–Crippen MR) is 64.2 cm³/mol. The molecule has 1 atom stereocenters. The van der Waals surface area contributed by atoms with Crippen LogP contribution in [0.4, 0.5) is 5.88 Å². The van der Waals surface area contributed by atoms with E-state index in [2.05, 4.69) is 15.2 Å². The number of aryl methyl sites for hydroxylation is 1. The summed E-state index contributed by atoms with van der Waals surface area (Å²) in [7, 11) is -3.34. The van der Waals surface area contributed by atoms with Gasteiger partial charge in [0, 0.05) is 6.07 Å². The third-order valence-corrected chi connectivity index (χ3v) is 4.16. The van der Waals surface area contributed by atoms with Gasteiger partial charge in [0.15, 0.2) is 0 Å². The maximum atomic E-state index is 11.9. The Morgan fingerprint density at radius 2 is 2.47 bits per heavy atom. The summed E-state index contributed by atoms with van der Waals surface area (Å²) >= 11 is 0. The van der Waals surface area contributed by atoms with Crippen molar-refractivity contribution in [2.24, 2.45) is 5.92 Å². The quantitative estimate of drug-likeness (QED) is 0.832. The zero-order valence-electron chi connectivity index (χ0n) is 9.77. The molecule has 2 heterocycles. The van der Waals surface area contributed by atoms with Crippen molar-refractivity contribution < 1.29 is 12.9 Å². The molecule has 17 heavy (non-hydrogen) atoms. The molecule has 7 heteroatoms. The molecule has 96 valence electrons. The average molecular weight is 259 g/mol. The average Bonchev–Trinajstić information content (AvgIpc) is 2.63. The van der Waals surface area contributed by atoms with Gasteiger partial charge in [0.1, 0.15) is 0 Å². The zero-order valence-corrected chi connectivity index (χ0v) is 10.6. The minimum absolute atomic E-state index is 0.125. The monoisotopic (exact) mass is 259 g/mol. The van der Waals surface area contributed by atoms with Gasteiger partial charge in [-0.2, -0.15) is 0 Å². The third-order valence-electron chi connectivity index (χ3n) is 2.74. The molecule has 2 N–H and O–H groups in total. The normalized spacial score (nSPS) is 21.4. The molecule has 0 aliphatic carbocycles. The molecule has 1 aromatic rings. The van der Waals surface area contributed by atoms with Crippen LogP contribution in [0.5, 0.6) is 0 Å². The molecule has 0 aromatic carbocycles. The Balaban J connectivity index is 1.94. The highest BCUT2D eigenvalue weighted by Crippen LogP contribution is 2.16. The standard InChI is InChI=1S/C10H17N3O3S/c1-8-5-10(16-12-8)13-17(14,15)7-9-3-2-4-11-6-9/h5,9,11,13H,2-4,6-7H2,1H3. The summed E-state index contributed by atoms with van der Waals surface area (Å²) in [5, 5.41) is 6.83. The van der Waals surface area contributed by atoms with Gasteiger partial charge in [-0.25, -0.2) is 8.42 Å². The summed E-state index contributed by atoms with van der Waals surface area (Å²) in [5.41, 5.74) is 0.655. The van der Waals surface area contributed by atoms with E-state index in [4.69, 9.17) is 4.52 Å². The summed E-state index contributed by atoms with van der Waals surface area (Å²) < 4.78 is 30.9. The van der Waals surface area contributed by atoms with Gasteiger partial charge in [0.05, 0.1) is 11.4 Å². The van der Waals surface area contributed by atoms with Crippen LogP contribution in [-0.2, 0) is 10.0 Å². The lowest BCUT2D eigenvalue weighted by atomic mass is 10.0. The first-order valence-corrected chi connectivity index (χ1v) is 7.35. The molecule has 0 saturated carbocycles. The Morgan fingerprint density at radius 1 is 1.65 bits per heavy atom. The van der Waals surface area contributed by atoms with E-state index in [-0.39, 0.29) is 17.6 Å². The number of hydrogen-bond acceptors (Lipinski definition) is 5. The lowest BCUT2D eigenvalue weighted by Crippen LogP contribution is -2.35. The number of aromatic nitrogens is 1. The highest BCUT2D eigenvalue weighted by molar-refractivity contribution is 7.92. The van der Waals surface area contributed by atoms with Gasteiger partial charge in [-0.05, 0) is 38.8 Å². The van der Waals surface area contributed by atoms with Gasteiger partial charge in [0.2, 0.25) is 15.9 Å². The van der Waals surface area contributed by atoms with Crippen molar-refractivity contribution in [3.8, 4) is 0 Å². The lowest BCUT2D eigenvalue weighted by molar-refractivity contribution is 0.403. The SMILES string of the molecule is Cc1cc(NS(=O)(=O)CC2CCCNC2)on1. The number of rotatable bonds is 4. The van der Waals surface area contributed by atoms with Crippen molar-refractivity contribution in [1.29, 1.82) is 0 Å². The fourth-order valence-electron chi connectivity index (χ4n) is 1.98. The van der Waals surface area contributed by atoms with Gasteiger partial charge in [-0.3, -0.25) is 4.72 Å². The van der Waals surface area contributed by atoms with Crippen molar-refractivity contribution in [2.45, 2.75) is 19.8 Å². The molecule has 1 saturated heterocycles. The van der Waals surface area contributed by atoms with E-state index in [1.165, 1.54) is 0 Å². The molecule has 1 unspecified atom stereocenters. The Kier molecular flexibility index (Phi) is 3.68. The van der Waals surface area contributed by atoms with E-state index in [1.807, 2.05) is 0 Å². The van der Waals surface area contributed by atoms with Crippen LogP contribution < -0.4 is 10.0 Å². The van der Waals surface area contributed by atoms with Crippen molar-refractivity contribution in [3.05, 3.63) is 11.8 Å². The van der Waals surface area contributed by atoms with Crippen molar-refractivity contribution in [3.63, 3.8) is 0 Å². The first-order valence-electron chi connectivity index (χ1n) is 5.70. The first kappa shape index (κ1) is 12.4. The van der Waals surface area contributed by atoms with Crippen LogP contribution in [0.2, 0.25) is 0 Å². The number of nitrogens with one attached hydrogen (secondary N) is 2. The second kappa shape index (κ2) is 5.05. The Bertz CT molecular complexity index is 463. The molecular formula is C10H17N3O3S. The van der Waals surface area contributed by atoms with Crippen LogP contribution in [0.15, 0.2) is 10.6 Å². The second-order valence-corrected chi connectivity index (χ2v) is 6.20. The Labute approximate surface area is 101 Å². The van der Waals surface area contributed by atoms with Gasteiger partial charge in [-0.1, -0.05) is 5.16 Å². The van der Waals surface area contributed by atoms with E-state index in [0.29, 0.717) is 5.69 Å². The fourth-order valence-corrected chi connectivity index (χ4v) is 3.37. The highest BCUT2D eigenvalue weighted by atomic mass is 32.2. The van der Waals surface area contributed by atoms with E-state index in [0.717, 1.165) is 25.9 Å². The van der Waals surface area contributed by atoms with E-state index in [1.54, 1.807) is 13.0 Å². The molecule has 0 radical (unpaired) electrons. The zero-order chi connectivity index (χ0) is 12.3. The number of nitrogens with zero attached hydrogens (tertiary/aromatic N) is 1. The molecular weight excluding hydrogens is 242 g/mol. The van der Waals surface area contributed by atoms with E-state index >= 15 is 0 Å². The highest BCUT2D eigenvalue weighted by Gasteiger charge is 2.22. The molecule has 0 spiro atoms. The molecule has 1 aliphatic heterocycles. The maximum Gasteiger partial charge on any atom is 0.238 e. The molecule has 1 aromatic heterocycles. The summed E-state index contributed by atoms with van der Waals surface area (Å²) in [6, 6.07) is 1.57. The van der Waals surface area contributed by atoms with Crippen LogP contribution in [0.25, 0.3) is 0 Å². The second-order valence-electron chi connectivity index (χ2n) is 4.43. The number of anilines is 1. The first-order chi connectivity index (χ1) is 8.05.